The molecule has 0 unspecified atom stereocenters. The fraction of sp³-hybridized carbons (Fsp3) is 0.571. The highest BCUT2D eigenvalue weighted by Crippen LogP contribution is 2.37. The lowest BCUT2D eigenvalue weighted by atomic mass is 9.90. The summed E-state index contributed by atoms with van der Waals surface area (Å²) in [5.74, 6) is -3.23. The zero-order chi connectivity index (χ0) is 14.2. The third-order valence-electron chi connectivity index (χ3n) is 3.92. The molecule has 1 saturated carbocycles. The summed E-state index contributed by atoms with van der Waals surface area (Å²) in [5.41, 5.74) is -0.263. The lowest BCUT2D eigenvalue weighted by molar-refractivity contribution is -0.177. The zero-order valence-corrected chi connectivity index (χ0v) is 10.9. The van der Waals surface area contributed by atoms with E-state index in [2.05, 4.69) is 5.32 Å². The van der Waals surface area contributed by atoms with E-state index in [0.29, 0.717) is 51.0 Å². The fourth-order valence-corrected chi connectivity index (χ4v) is 2.87. The monoisotopic (exact) mass is 287 g/mol. The molecule has 0 atom stereocenters. The summed E-state index contributed by atoms with van der Waals surface area (Å²) in [5, 5.41) is 2.82. The van der Waals surface area contributed by atoms with E-state index in [0.717, 1.165) is 0 Å². The Morgan fingerprint density at radius 2 is 1.55 bits per heavy atom. The predicted octanol–water partition coefficient (Wildman–Crippen LogP) is 3.20. The molecule has 0 bridgehead atoms. The van der Waals surface area contributed by atoms with E-state index in [9.17, 15) is 13.2 Å². The van der Waals surface area contributed by atoms with Gasteiger partial charge in [0.1, 0.15) is 11.5 Å². The molecule has 3 nitrogen and oxygen atoms in total. The van der Waals surface area contributed by atoms with Crippen molar-refractivity contribution in [2.24, 2.45) is 0 Å². The van der Waals surface area contributed by atoms with Crippen molar-refractivity contribution < 1.29 is 22.6 Å². The lowest BCUT2D eigenvalue weighted by Crippen LogP contribution is -2.39. The molecule has 6 heteroatoms. The Labute approximate surface area is 115 Å². The normalized spacial score (nSPS) is 22.4. The van der Waals surface area contributed by atoms with Gasteiger partial charge in [0.2, 0.25) is 0 Å². The van der Waals surface area contributed by atoms with Gasteiger partial charge in [-0.05, 0) is 12.8 Å². The molecule has 20 heavy (non-hydrogen) atoms. The molecular formula is C14H16F3NO2. The molecule has 1 aromatic carbocycles. The molecule has 1 aliphatic carbocycles. The first-order valence-corrected chi connectivity index (χ1v) is 6.77. The third kappa shape index (κ3) is 2.62. The average molecular weight is 287 g/mol. The maximum atomic E-state index is 13.6. The second-order valence-corrected chi connectivity index (χ2v) is 5.27. The van der Waals surface area contributed by atoms with Gasteiger partial charge in [0, 0.05) is 31.0 Å². The number of hydrogen-bond donors (Lipinski definition) is 1. The van der Waals surface area contributed by atoms with E-state index < -0.39 is 23.2 Å². The summed E-state index contributed by atoms with van der Waals surface area (Å²) in [4.78, 5) is 0. The van der Waals surface area contributed by atoms with Crippen LogP contribution in [0.4, 0.5) is 18.9 Å². The maximum absolute atomic E-state index is 13.6. The molecule has 2 aliphatic rings. The van der Waals surface area contributed by atoms with Crippen LogP contribution < -0.4 is 5.32 Å². The summed E-state index contributed by atoms with van der Waals surface area (Å²) in [7, 11) is 0. The van der Waals surface area contributed by atoms with Crippen molar-refractivity contribution in [3.8, 4) is 0 Å². The molecule has 0 amide bonds. The van der Waals surface area contributed by atoms with E-state index in [1.54, 1.807) is 0 Å². The van der Waals surface area contributed by atoms with Crippen molar-refractivity contribution in [2.75, 3.05) is 18.5 Å². The number of rotatable bonds is 2. The SMILES string of the molecule is Fc1cc(F)c(NC2CCC3(CC2)OCCO3)c(F)c1. The second kappa shape index (κ2) is 5.26. The van der Waals surface area contributed by atoms with E-state index in [-0.39, 0.29) is 11.7 Å². The number of benzene rings is 1. The van der Waals surface area contributed by atoms with Crippen LogP contribution in [0.25, 0.3) is 0 Å². The number of halogens is 3. The largest absolute Gasteiger partial charge is 0.378 e. The van der Waals surface area contributed by atoms with Crippen molar-refractivity contribution in [3.63, 3.8) is 0 Å². The quantitative estimate of drug-likeness (QED) is 0.906. The highest BCUT2D eigenvalue weighted by molar-refractivity contribution is 5.47. The number of hydrogen-bond acceptors (Lipinski definition) is 3. The first kappa shape index (κ1) is 13.7. The summed E-state index contributed by atoms with van der Waals surface area (Å²) in [6.07, 6.45) is 2.76. The van der Waals surface area contributed by atoms with Crippen molar-refractivity contribution in [3.05, 3.63) is 29.6 Å². The Bertz CT molecular complexity index is 470. The van der Waals surface area contributed by atoms with Crippen LogP contribution in [-0.4, -0.2) is 25.0 Å². The number of anilines is 1. The minimum Gasteiger partial charge on any atom is -0.378 e. The first-order valence-electron chi connectivity index (χ1n) is 6.77. The van der Waals surface area contributed by atoms with Gasteiger partial charge in [-0.2, -0.15) is 0 Å². The minimum atomic E-state index is -0.916. The van der Waals surface area contributed by atoms with Crippen LogP contribution >= 0.6 is 0 Å². The number of ether oxygens (including phenoxy) is 2. The summed E-state index contributed by atoms with van der Waals surface area (Å²) in [6, 6.07) is 1.29. The van der Waals surface area contributed by atoms with Crippen molar-refractivity contribution in [1.82, 2.24) is 0 Å². The van der Waals surface area contributed by atoms with Crippen LogP contribution in [0, 0.1) is 17.5 Å². The van der Waals surface area contributed by atoms with Crippen molar-refractivity contribution in [2.45, 2.75) is 37.5 Å². The predicted molar refractivity (Wildman–Crippen MR) is 66.8 cm³/mol. The van der Waals surface area contributed by atoms with E-state index in [1.165, 1.54) is 0 Å². The molecule has 1 saturated heterocycles. The van der Waals surface area contributed by atoms with Crippen LogP contribution in [0.1, 0.15) is 25.7 Å². The highest BCUT2D eigenvalue weighted by Gasteiger charge is 2.40. The zero-order valence-electron chi connectivity index (χ0n) is 10.9. The molecule has 1 aromatic rings. The molecule has 2 fully saturated rings. The van der Waals surface area contributed by atoms with Crippen molar-refractivity contribution in [1.29, 1.82) is 0 Å². The van der Waals surface area contributed by atoms with Gasteiger partial charge >= 0.3 is 0 Å². The second-order valence-electron chi connectivity index (χ2n) is 5.27. The molecule has 110 valence electrons. The summed E-state index contributed by atoms with van der Waals surface area (Å²) >= 11 is 0. The van der Waals surface area contributed by atoms with Crippen LogP contribution in [0.5, 0.6) is 0 Å². The number of nitrogens with one attached hydrogen (secondary N) is 1. The molecular weight excluding hydrogens is 271 g/mol. The first-order chi connectivity index (χ1) is 9.58. The molecule has 1 N–H and O–H groups in total. The molecule has 1 spiro atoms. The molecule has 0 aromatic heterocycles. The summed E-state index contributed by atoms with van der Waals surface area (Å²) < 4.78 is 51.2. The van der Waals surface area contributed by atoms with E-state index >= 15 is 0 Å². The van der Waals surface area contributed by atoms with E-state index in [1.807, 2.05) is 0 Å². The Morgan fingerprint density at radius 3 is 2.10 bits per heavy atom. The van der Waals surface area contributed by atoms with E-state index in [4.69, 9.17) is 9.47 Å². The van der Waals surface area contributed by atoms with Gasteiger partial charge in [0.15, 0.2) is 17.4 Å². The summed E-state index contributed by atoms with van der Waals surface area (Å²) in [6.45, 7) is 1.19. The molecule has 0 radical (unpaired) electrons. The van der Waals surface area contributed by atoms with Crippen LogP contribution in [0.2, 0.25) is 0 Å². The molecule has 1 heterocycles. The van der Waals surface area contributed by atoms with Gasteiger partial charge in [-0.1, -0.05) is 0 Å². The Balaban J connectivity index is 1.65. The van der Waals surface area contributed by atoms with Gasteiger partial charge in [0.05, 0.1) is 13.2 Å². The Kier molecular flexibility index (Phi) is 3.60. The average Bonchev–Trinajstić information content (AvgIpc) is 2.85. The van der Waals surface area contributed by atoms with Gasteiger partial charge < -0.3 is 14.8 Å². The lowest BCUT2D eigenvalue weighted by Gasteiger charge is -2.36. The van der Waals surface area contributed by atoms with Crippen LogP contribution in [-0.2, 0) is 9.47 Å². The van der Waals surface area contributed by atoms with Gasteiger partial charge in [0.25, 0.3) is 0 Å². The molecule has 3 rings (SSSR count). The Hall–Kier alpha value is -1.27. The topological polar surface area (TPSA) is 30.5 Å². The van der Waals surface area contributed by atoms with Gasteiger partial charge in [-0.25, -0.2) is 13.2 Å². The highest BCUT2D eigenvalue weighted by atomic mass is 19.1. The van der Waals surface area contributed by atoms with Crippen molar-refractivity contribution >= 4 is 5.69 Å². The standard InChI is InChI=1S/C14H16F3NO2/c15-9-7-11(16)13(12(17)8-9)18-10-1-3-14(4-2-10)19-5-6-20-14/h7-8,10,18H,1-6H2. The maximum Gasteiger partial charge on any atom is 0.168 e. The van der Waals surface area contributed by atoms with Gasteiger partial charge in [-0.15, -0.1) is 0 Å². The van der Waals surface area contributed by atoms with Crippen LogP contribution in [0.3, 0.4) is 0 Å². The van der Waals surface area contributed by atoms with Crippen LogP contribution in [0.15, 0.2) is 12.1 Å². The fourth-order valence-electron chi connectivity index (χ4n) is 2.87. The minimum absolute atomic E-state index is 0.0668. The third-order valence-corrected chi connectivity index (χ3v) is 3.92. The van der Waals surface area contributed by atoms with Gasteiger partial charge in [-0.3, -0.25) is 0 Å². The molecule has 1 aliphatic heterocycles. The Morgan fingerprint density at radius 1 is 1.00 bits per heavy atom. The smallest absolute Gasteiger partial charge is 0.168 e.